The first-order chi connectivity index (χ1) is 10.1. The summed E-state index contributed by atoms with van der Waals surface area (Å²) in [6.07, 6.45) is 0.754. The van der Waals surface area contributed by atoms with Crippen LogP contribution in [0.3, 0.4) is 0 Å². The fraction of sp³-hybridized carbons (Fsp3) is 0.250. The van der Waals surface area contributed by atoms with E-state index < -0.39 is 0 Å². The van der Waals surface area contributed by atoms with Gasteiger partial charge >= 0.3 is 0 Å². The predicted octanol–water partition coefficient (Wildman–Crippen LogP) is 3.95. The van der Waals surface area contributed by atoms with Gasteiger partial charge in [-0.15, -0.1) is 11.8 Å². The molecule has 0 fully saturated rings. The lowest BCUT2D eigenvalue weighted by Gasteiger charge is -2.16. The van der Waals surface area contributed by atoms with E-state index in [1.54, 1.807) is 23.9 Å². The van der Waals surface area contributed by atoms with Crippen LogP contribution in [0.4, 0.5) is 4.39 Å². The molecule has 0 bridgehead atoms. The average molecular weight is 325 g/mol. The van der Waals surface area contributed by atoms with Crippen LogP contribution in [0.25, 0.3) is 0 Å². The van der Waals surface area contributed by atoms with Crippen LogP contribution in [0.1, 0.15) is 11.1 Å². The Hall–Kier alpha value is -1.07. The van der Waals surface area contributed by atoms with Crippen molar-refractivity contribution in [2.24, 2.45) is 5.84 Å². The molecule has 5 heteroatoms. The first-order valence-corrected chi connectivity index (χ1v) is 8.04. The largest absolute Gasteiger partial charge is 0.271 e. The minimum Gasteiger partial charge on any atom is -0.271 e. The maximum Gasteiger partial charge on any atom is 0.123 e. The van der Waals surface area contributed by atoms with Crippen LogP contribution in [-0.2, 0) is 6.42 Å². The molecule has 0 aliphatic heterocycles. The second kappa shape index (κ2) is 7.80. The lowest BCUT2D eigenvalue weighted by molar-refractivity contribution is 0.575. The van der Waals surface area contributed by atoms with Crippen LogP contribution in [0.5, 0.6) is 0 Å². The van der Waals surface area contributed by atoms with E-state index >= 15 is 0 Å². The van der Waals surface area contributed by atoms with Gasteiger partial charge in [-0.05, 0) is 54.8 Å². The topological polar surface area (TPSA) is 38.0 Å². The highest BCUT2D eigenvalue weighted by atomic mass is 35.5. The van der Waals surface area contributed by atoms with Gasteiger partial charge < -0.3 is 0 Å². The van der Waals surface area contributed by atoms with Crippen LogP contribution in [0, 0.1) is 12.7 Å². The Morgan fingerprint density at radius 1 is 1.24 bits per heavy atom. The van der Waals surface area contributed by atoms with Crippen molar-refractivity contribution in [3.8, 4) is 0 Å². The van der Waals surface area contributed by atoms with Crippen molar-refractivity contribution in [2.75, 3.05) is 5.75 Å². The van der Waals surface area contributed by atoms with Crippen LogP contribution >= 0.6 is 23.4 Å². The minimum atomic E-state index is -0.223. The Kier molecular flexibility index (Phi) is 6.06. The Bertz CT molecular complexity index is 589. The molecule has 21 heavy (non-hydrogen) atoms. The molecule has 0 aliphatic carbocycles. The van der Waals surface area contributed by atoms with E-state index in [2.05, 4.69) is 5.43 Å². The monoisotopic (exact) mass is 324 g/mol. The fourth-order valence-electron chi connectivity index (χ4n) is 1.98. The molecule has 0 aromatic heterocycles. The number of thioether (sulfide) groups is 1. The summed E-state index contributed by atoms with van der Waals surface area (Å²) in [5.41, 5.74) is 5.03. The van der Waals surface area contributed by atoms with Crippen molar-refractivity contribution in [1.29, 1.82) is 0 Å². The number of rotatable bonds is 6. The SMILES string of the molecule is Cc1ccc(CC(CSc2ccc(F)cc2)NN)c(Cl)c1. The van der Waals surface area contributed by atoms with E-state index in [4.69, 9.17) is 17.4 Å². The van der Waals surface area contributed by atoms with Gasteiger partial charge in [-0.1, -0.05) is 23.7 Å². The van der Waals surface area contributed by atoms with Crippen molar-refractivity contribution in [1.82, 2.24) is 5.43 Å². The summed E-state index contributed by atoms with van der Waals surface area (Å²) >= 11 is 7.89. The van der Waals surface area contributed by atoms with E-state index in [1.165, 1.54) is 12.1 Å². The number of nitrogens with one attached hydrogen (secondary N) is 1. The summed E-state index contributed by atoms with van der Waals surface area (Å²) in [5, 5.41) is 0.766. The third kappa shape index (κ3) is 5.00. The molecule has 2 aromatic rings. The van der Waals surface area contributed by atoms with Crippen molar-refractivity contribution in [2.45, 2.75) is 24.3 Å². The zero-order valence-electron chi connectivity index (χ0n) is 11.8. The molecule has 2 aromatic carbocycles. The second-order valence-corrected chi connectivity index (χ2v) is 6.43. The molecule has 0 radical (unpaired) electrons. The fourth-order valence-corrected chi connectivity index (χ4v) is 3.23. The van der Waals surface area contributed by atoms with Gasteiger partial charge in [0.2, 0.25) is 0 Å². The van der Waals surface area contributed by atoms with Gasteiger partial charge in [0.15, 0.2) is 0 Å². The Morgan fingerprint density at radius 2 is 1.95 bits per heavy atom. The van der Waals surface area contributed by atoms with Crippen molar-refractivity contribution in [3.05, 3.63) is 64.4 Å². The number of hydrazine groups is 1. The predicted molar refractivity (Wildman–Crippen MR) is 88.1 cm³/mol. The standard InChI is InChI=1S/C16H18ClFN2S/c1-11-2-3-12(16(17)8-11)9-14(20-19)10-21-15-6-4-13(18)5-7-15/h2-8,14,20H,9-10,19H2,1H3. The quantitative estimate of drug-likeness (QED) is 0.480. The summed E-state index contributed by atoms with van der Waals surface area (Å²) in [5.74, 6) is 6.18. The van der Waals surface area contributed by atoms with E-state index in [0.29, 0.717) is 0 Å². The third-order valence-electron chi connectivity index (χ3n) is 3.18. The first-order valence-electron chi connectivity index (χ1n) is 6.68. The number of aryl methyl sites for hydroxylation is 1. The van der Waals surface area contributed by atoms with E-state index in [0.717, 1.165) is 33.2 Å². The van der Waals surface area contributed by atoms with Crippen molar-refractivity contribution < 1.29 is 4.39 Å². The van der Waals surface area contributed by atoms with Crippen molar-refractivity contribution >= 4 is 23.4 Å². The molecule has 0 amide bonds. The van der Waals surface area contributed by atoms with Gasteiger partial charge in [-0.3, -0.25) is 11.3 Å². The normalized spacial score (nSPS) is 12.4. The van der Waals surface area contributed by atoms with Crippen molar-refractivity contribution in [3.63, 3.8) is 0 Å². The maximum atomic E-state index is 12.9. The van der Waals surface area contributed by atoms with Gasteiger partial charge in [0.25, 0.3) is 0 Å². The lowest BCUT2D eigenvalue weighted by Crippen LogP contribution is -2.38. The smallest absolute Gasteiger partial charge is 0.123 e. The Balaban J connectivity index is 1.95. The van der Waals surface area contributed by atoms with Gasteiger partial charge in [0.1, 0.15) is 5.82 Å². The summed E-state index contributed by atoms with van der Waals surface area (Å²) < 4.78 is 12.9. The van der Waals surface area contributed by atoms with E-state index in [-0.39, 0.29) is 11.9 Å². The molecule has 1 atom stereocenters. The molecule has 2 rings (SSSR count). The number of nitrogens with two attached hydrogens (primary N) is 1. The number of halogens is 2. The number of benzene rings is 2. The highest BCUT2D eigenvalue weighted by Gasteiger charge is 2.11. The molecule has 112 valence electrons. The van der Waals surface area contributed by atoms with Gasteiger partial charge in [0.05, 0.1) is 0 Å². The highest BCUT2D eigenvalue weighted by molar-refractivity contribution is 7.99. The molecule has 3 N–H and O–H groups in total. The van der Waals surface area contributed by atoms with Crippen LogP contribution < -0.4 is 11.3 Å². The molecule has 0 spiro atoms. The molecule has 0 heterocycles. The Morgan fingerprint density at radius 3 is 2.57 bits per heavy atom. The van der Waals surface area contributed by atoms with Gasteiger partial charge in [-0.25, -0.2) is 4.39 Å². The number of hydrogen-bond acceptors (Lipinski definition) is 3. The summed E-state index contributed by atoms with van der Waals surface area (Å²) in [6.45, 7) is 2.01. The Labute approximate surface area is 133 Å². The van der Waals surface area contributed by atoms with Crippen LogP contribution in [0.15, 0.2) is 47.4 Å². The highest BCUT2D eigenvalue weighted by Crippen LogP contribution is 2.23. The van der Waals surface area contributed by atoms with E-state index in [9.17, 15) is 4.39 Å². The van der Waals surface area contributed by atoms with Gasteiger partial charge in [-0.2, -0.15) is 0 Å². The summed E-state index contributed by atoms with van der Waals surface area (Å²) in [4.78, 5) is 1.02. The van der Waals surface area contributed by atoms with Gasteiger partial charge in [0, 0.05) is 21.7 Å². The summed E-state index contributed by atoms with van der Waals surface area (Å²) in [6, 6.07) is 12.6. The molecule has 1 unspecified atom stereocenters. The molecule has 2 nitrogen and oxygen atoms in total. The molecule has 0 aliphatic rings. The van der Waals surface area contributed by atoms with E-state index in [1.807, 2.05) is 25.1 Å². The zero-order valence-corrected chi connectivity index (χ0v) is 13.3. The second-order valence-electron chi connectivity index (χ2n) is 4.93. The average Bonchev–Trinajstić information content (AvgIpc) is 2.47. The minimum absolute atomic E-state index is 0.0975. The van der Waals surface area contributed by atoms with Crippen LogP contribution in [0.2, 0.25) is 5.02 Å². The first kappa shape index (κ1) is 16.3. The number of hydrogen-bond donors (Lipinski definition) is 2. The van der Waals surface area contributed by atoms with Crippen LogP contribution in [-0.4, -0.2) is 11.8 Å². The molecule has 0 saturated heterocycles. The third-order valence-corrected chi connectivity index (χ3v) is 4.70. The zero-order chi connectivity index (χ0) is 15.2. The molecular weight excluding hydrogens is 307 g/mol. The lowest BCUT2D eigenvalue weighted by atomic mass is 10.1. The molecule has 0 saturated carbocycles. The summed E-state index contributed by atoms with van der Waals surface area (Å²) in [7, 11) is 0. The maximum absolute atomic E-state index is 12.9. The molecular formula is C16H18ClFN2S.